The van der Waals surface area contributed by atoms with Crippen molar-refractivity contribution in [2.45, 2.75) is 19.4 Å². The number of para-hydroxylation sites is 1. The lowest BCUT2D eigenvalue weighted by atomic mass is 10.0. The minimum atomic E-state index is -0.0531. The van der Waals surface area contributed by atoms with Gasteiger partial charge in [0.25, 0.3) is 0 Å². The third-order valence-electron chi connectivity index (χ3n) is 3.10. The Labute approximate surface area is 116 Å². The molecule has 96 valence electrons. The van der Waals surface area contributed by atoms with Gasteiger partial charge in [0.15, 0.2) is 0 Å². The number of hydrogen-bond acceptors (Lipinski definition) is 4. The number of aromatic nitrogens is 2. The first-order valence-corrected chi connectivity index (χ1v) is 7.11. The van der Waals surface area contributed by atoms with Crippen molar-refractivity contribution in [1.82, 2.24) is 9.97 Å². The molecule has 1 atom stereocenters. The van der Waals surface area contributed by atoms with Crippen molar-refractivity contribution in [3.63, 3.8) is 0 Å². The predicted octanol–water partition coefficient (Wildman–Crippen LogP) is 3.24. The van der Waals surface area contributed by atoms with Gasteiger partial charge < -0.3 is 5.73 Å². The Bertz CT molecular complexity index is 705. The molecule has 3 nitrogen and oxygen atoms in total. The van der Waals surface area contributed by atoms with E-state index in [9.17, 15) is 0 Å². The molecule has 0 saturated carbocycles. The molecule has 1 aromatic carbocycles. The molecule has 0 fully saturated rings. The van der Waals surface area contributed by atoms with Crippen LogP contribution in [0.5, 0.6) is 0 Å². The van der Waals surface area contributed by atoms with Crippen LogP contribution in [0.25, 0.3) is 10.9 Å². The van der Waals surface area contributed by atoms with Crippen LogP contribution in [0.3, 0.4) is 0 Å². The van der Waals surface area contributed by atoms with E-state index in [4.69, 9.17) is 5.73 Å². The summed E-state index contributed by atoms with van der Waals surface area (Å²) in [7, 11) is 0. The van der Waals surface area contributed by atoms with E-state index in [0.29, 0.717) is 0 Å². The normalized spacial score (nSPS) is 12.7. The van der Waals surface area contributed by atoms with Crippen LogP contribution in [0.2, 0.25) is 0 Å². The molecule has 0 aliphatic carbocycles. The van der Waals surface area contributed by atoms with Gasteiger partial charge in [0.1, 0.15) is 0 Å². The Hall–Kier alpha value is -1.78. The van der Waals surface area contributed by atoms with E-state index in [2.05, 4.69) is 27.5 Å². The monoisotopic (exact) mass is 269 g/mol. The molecule has 3 aromatic rings. The smallest absolute Gasteiger partial charge is 0.0947 e. The number of hydrogen-bond donors (Lipinski definition) is 1. The van der Waals surface area contributed by atoms with Gasteiger partial charge in [0.2, 0.25) is 0 Å². The fourth-order valence-electron chi connectivity index (χ4n) is 2.09. The molecule has 2 heterocycles. The van der Waals surface area contributed by atoms with Crippen LogP contribution >= 0.6 is 11.3 Å². The zero-order valence-corrected chi connectivity index (χ0v) is 11.5. The number of rotatable bonds is 3. The molecule has 0 spiro atoms. The summed E-state index contributed by atoms with van der Waals surface area (Å²) in [5.41, 5.74) is 9.38. The molecule has 0 aliphatic heterocycles. The summed E-state index contributed by atoms with van der Waals surface area (Å²) in [4.78, 5) is 8.91. The van der Waals surface area contributed by atoms with Gasteiger partial charge in [-0.2, -0.15) is 0 Å². The maximum atomic E-state index is 6.25. The van der Waals surface area contributed by atoms with Crippen LogP contribution in [-0.2, 0) is 6.42 Å². The highest BCUT2D eigenvalue weighted by atomic mass is 32.1. The van der Waals surface area contributed by atoms with E-state index in [1.165, 1.54) is 0 Å². The molecule has 0 radical (unpaired) electrons. The number of aryl methyl sites for hydroxylation is 1. The van der Waals surface area contributed by atoms with Crippen molar-refractivity contribution in [1.29, 1.82) is 0 Å². The molecule has 4 heteroatoms. The number of nitrogens with two attached hydrogens (primary N) is 1. The maximum absolute atomic E-state index is 6.25. The van der Waals surface area contributed by atoms with E-state index in [1.807, 2.05) is 31.3 Å². The molecule has 0 amide bonds. The van der Waals surface area contributed by atoms with Crippen molar-refractivity contribution in [2.75, 3.05) is 0 Å². The van der Waals surface area contributed by atoms with Crippen molar-refractivity contribution in [2.24, 2.45) is 5.73 Å². The highest BCUT2D eigenvalue weighted by Crippen LogP contribution is 2.21. The van der Waals surface area contributed by atoms with E-state index in [0.717, 1.165) is 33.6 Å². The van der Waals surface area contributed by atoms with Gasteiger partial charge in [0, 0.05) is 35.1 Å². The fraction of sp³-hybridized carbons (Fsp3) is 0.200. The van der Waals surface area contributed by atoms with E-state index in [1.54, 1.807) is 11.3 Å². The number of fused-ring (bicyclic) bond motifs is 1. The lowest BCUT2D eigenvalue weighted by molar-refractivity contribution is 0.714. The Morgan fingerprint density at radius 3 is 2.95 bits per heavy atom. The second-order valence-electron chi connectivity index (χ2n) is 4.65. The maximum Gasteiger partial charge on any atom is 0.0947 e. The predicted molar refractivity (Wildman–Crippen MR) is 79.2 cm³/mol. The van der Waals surface area contributed by atoms with Gasteiger partial charge >= 0.3 is 0 Å². The van der Waals surface area contributed by atoms with Crippen molar-refractivity contribution < 1.29 is 0 Å². The highest BCUT2D eigenvalue weighted by molar-refractivity contribution is 7.09. The van der Waals surface area contributed by atoms with Crippen molar-refractivity contribution in [3.8, 4) is 0 Å². The zero-order valence-electron chi connectivity index (χ0n) is 10.7. The van der Waals surface area contributed by atoms with Gasteiger partial charge in [-0.05, 0) is 24.6 Å². The minimum Gasteiger partial charge on any atom is -0.324 e. The average molecular weight is 269 g/mol. The van der Waals surface area contributed by atoms with Gasteiger partial charge in [0.05, 0.1) is 10.5 Å². The summed E-state index contributed by atoms with van der Waals surface area (Å²) in [5.74, 6) is 0. The molecule has 19 heavy (non-hydrogen) atoms. The van der Waals surface area contributed by atoms with Crippen LogP contribution in [0.1, 0.15) is 22.3 Å². The molecule has 0 saturated heterocycles. The Balaban J connectivity index is 1.86. The molecule has 2 N–H and O–H groups in total. The second kappa shape index (κ2) is 5.07. The lowest BCUT2D eigenvalue weighted by Crippen LogP contribution is -2.13. The van der Waals surface area contributed by atoms with E-state index >= 15 is 0 Å². The summed E-state index contributed by atoms with van der Waals surface area (Å²) in [6.07, 6.45) is 2.63. The van der Waals surface area contributed by atoms with Crippen LogP contribution in [0.4, 0.5) is 0 Å². The number of pyridine rings is 1. The van der Waals surface area contributed by atoms with Crippen LogP contribution < -0.4 is 5.73 Å². The molecule has 2 aromatic heterocycles. The third kappa shape index (κ3) is 2.64. The number of benzene rings is 1. The summed E-state index contributed by atoms with van der Waals surface area (Å²) < 4.78 is 0. The Morgan fingerprint density at radius 1 is 1.32 bits per heavy atom. The molecular weight excluding hydrogens is 254 g/mol. The Morgan fingerprint density at radius 2 is 2.16 bits per heavy atom. The summed E-state index contributed by atoms with van der Waals surface area (Å²) in [5, 5.41) is 4.27. The molecule has 1 unspecified atom stereocenters. The van der Waals surface area contributed by atoms with E-state index in [-0.39, 0.29) is 6.04 Å². The van der Waals surface area contributed by atoms with Gasteiger partial charge in [-0.1, -0.05) is 18.2 Å². The fourth-order valence-corrected chi connectivity index (χ4v) is 2.93. The quantitative estimate of drug-likeness (QED) is 0.794. The summed E-state index contributed by atoms with van der Waals surface area (Å²) in [6, 6.07) is 10.1. The molecular formula is C15H15N3S. The first-order chi connectivity index (χ1) is 9.22. The zero-order chi connectivity index (χ0) is 13.2. The van der Waals surface area contributed by atoms with E-state index < -0.39 is 0 Å². The first-order valence-electron chi connectivity index (χ1n) is 6.23. The summed E-state index contributed by atoms with van der Waals surface area (Å²) >= 11 is 1.66. The third-order valence-corrected chi connectivity index (χ3v) is 4.09. The van der Waals surface area contributed by atoms with Gasteiger partial charge in [-0.3, -0.25) is 4.98 Å². The Kier molecular flexibility index (Phi) is 3.27. The van der Waals surface area contributed by atoms with Crippen molar-refractivity contribution in [3.05, 3.63) is 58.2 Å². The number of thiazole rings is 1. The van der Waals surface area contributed by atoms with Crippen molar-refractivity contribution >= 4 is 22.2 Å². The summed E-state index contributed by atoms with van der Waals surface area (Å²) in [6.45, 7) is 2.00. The van der Waals surface area contributed by atoms with Gasteiger partial charge in [-0.15, -0.1) is 11.3 Å². The molecule has 0 bridgehead atoms. The average Bonchev–Trinajstić information content (AvgIpc) is 2.83. The highest BCUT2D eigenvalue weighted by Gasteiger charge is 2.10. The minimum absolute atomic E-state index is 0.0531. The van der Waals surface area contributed by atoms with Crippen LogP contribution in [0.15, 0.2) is 41.9 Å². The van der Waals surface area contributed by atoms with Crippen LogP contribution in [-0.4, -0.2) is 9.97 Å². The largest absolute Gasteiger partial charge is 0.324 e. The number of nitrogens with zero attached hydrogens (tertiary/aromatic N) is 2. The molecule has 0 aliphatic rings. The molecule has 3 rings (SSSR count). The first kappa shape index (κ1) is 12.3. The van der Waals surface area contributed by atoms with Crippen LogP contribution in [0, 0.1) is 6.92 Å². The standard InChI is InChI=1S/C15H15N3S/c1-10-9-19-15(18-10)7-13(16)12-6-11-4-2-3-5-14(11)17-8-12/h2-6,8-9,13H,7,16H2,1H3. The second-order valence-corrected chi connectivity index (χ2v) is 5.60. The SMILES string of the molecule is Cc1csc(CC(N)c2cnc3ccccc3c2)n1. The lowest BCUT2D eigenvalue weighted by Gasteiger charge is -2.10. The van der Waals surface area contributed by atoms with Gasteiger partial charge in [-0.25, -0.2) is 4.98 Å². The topological polar surface area (TPSA) is 51.8 Å².